The van der Waals surface area contributed by atoms with Crippen molar-refractivity contribution >= 4 is 33.3 Å². The summed E-state index contributed by atoms with van der Waals surface area (Å²) < 4.78 is 6.62. The van der Waals surface area contributed by atoms with Crippen LogP contribution in [0.25, 0.3) is 0 Å². The number of benzene rings is 1. The average Bonchev–Trinajstić information content (AvgIpc) is 2.45. The predicted molar refractivity (Wildman–Crippen MR) is 86.5 cm³/mol. The molecule has 0 radical (unpaired) electrons. The van der Waals surface area contributed by atoms with Crippen LogP contribution in [-0.4, -0.2) is 11.5 Å². The molecule has 5 heteroatoms. The minimum absolute atomic E-state index is 0.447. The summed E-state index contributed by atoms with van der Waals surface area (Å²) in [4.78, 5) is 4.33. The molecule has 106 valence electrons. The van der Waals surface area contributed by atoms with Gasteiger partial charge in [0.05, 0.1) is 5.02 Å². The van der Waals surface area contributed by atoms with Gasteiger partial charge < -0.3 is 10.1 Å². The van der Waals surface area contributed by atoms with Gasteiger partial charge in [0.1, 0.15) is 18.2 Å². The van der Waals surface area contributed by atoms with Crippen molar-refractivity contribution in [1.29, 1.82) is 0 Å². The van der Waals surface area contributed by atoms with Crippen molar-refractivity contribution in [2.45, 2.75) is 20.0 Å². The second-order valence-electron chi connectivity index (χ2n) is 4.34. The number of hydrogen-bond donors (Lipinski definition) is 1. The molecular formula is C15H16BrClN2O. The summed E-state index contributed by atoms with van der Waals surface area (Å²) in [5.74, 6) is 1.56. The maximum Gasteiger partial charge on any atom is 0.138 e. The van der Waals surface area contributed by atoms with Crippen LogP contribution in [0.15, 0.2) is 41.0 Å². The molecular weight excluding hydrogens is 340 g/mol. The molecule has 1 aromatic carbocycles. The number of pyridine rings is 1. The largest absolute Gasteiger partial charge is 0.487 e. The maximum absolute atomic E-state index is 6.10. The molecule has 0 saturated heterocycles. The van der Waals surface area contributed by atoms with Gasteiger partial charge in [-0.25, -0.2) is 4.98 Å². The number of halogens is 2. The summed E-state index contributed by atoms with van der Waals surface area (Å²) in [6.45, 7) is 3.50. The van der Waals surface area contributed by atoms with Crippen molar-refractivity contribution in [3.05, 3.63) is 51.6 Å². The van der Waals surface area contributed by atoms with Crippen LogP contribution in [0.4, 0.5) is 5.82 Å². The first kappa shape index (κ1) is 15.1. The van der Waals surface area contributed by atoms with Crippen molar-refractivity contribution in [2.24, 2.45) is 0 Å². The summed E-state index contributed by atoms with van der Waals surface area (Å²) >= 11 is 9.46. The highest BCUT2D eigenvalue weighted by molar-refractivity contribution is 9.10. The lowest BCUT2D eigenvalue weighted by molar-refractivity contribution is 0.306. The molecule has 3 nitrogen and oxygen atoms in total. The lowest BCUT2D eigenvalue weighted by Crippen LogP contribution is -2.02. The first-order chi connectivity index (χ1) is 9.69. The lowest BCUT2D eigenvalue weighted by Gasteiger charge is -2.09. The van der Waals surface area contributed by atoms with Crippen LogP contribution in [0.3, 0.4) is 0 Å². The van der Waals surface area contributed by atoms with Crippen LogP contribution >= 0.6 is 27.5 Å². The molecule has 2 aromatic rings. The van der Waals surface area contributed by atoms with Crippen LogP contribution in [-0.2, 0) is 6.61 Å². The molecule has 1 N–H and O–H groups in total. The molecule has 0 spiro atoms. The van der Waals surface area contributed by atoms with Crippen LogP contribution in [0, 0.1) is 0 Å². The molecule has 0 fully saturated rings. The normalized spacial score (nSPS) is 10.3. The van der Waals surface area contributed by atoms with E-state index in [1.807, 2.05) is 36.5 Å². The van der Waals surface area contributed by atoms with Crippen LogP contribution in [0.5, 0.6) is 5.75 Å². The number of rotatable bonds is 6. The molecule has 0 atom stereocenters. The average molecular weight is 356 g/mol. The predicted octanol–water partition coefficient (Wildman–Crippen LogP) is 4.90. The topological polar surface area (TPSA) is 34.1 Å². The monoisotopic (exact) mass is 354 g/mol. The Morgan fingerprint density at radius 1 is 1.30 bits per heavy atom. The lowest BCUT2D eigenvalue weighted by atomic mass is 10.3. The van der Waals surface area contributed by atoms with Crippen LogP contribution < -0.4 is 10.1 Å². The minimum Gasteiger partial charge on any atom is -0.487 e. The second-order valence-corrected chi connectivity index (χ2v) is 5.66. The maximum atomic E-state index is 6.10. The van der Waals surface area contributed by atoms with E-state index in [4.69, 9.17) is 16.3 Å². The molecule has 0 unspecified atom stereocenters. The minimum atomic E-state index is 0.447. The molecule has 2 rings (SSSR count). The van der Waals surface area contributed by atoms with Crippen molar-refractivity contribution < 1.29 is 4.74 Å². The number of ether oxygens (including phenoxy) is 1. The fourth-order valence-electron chi connectivity index (χ4n) is 1.62. The highest BCUT2D eigenvalue weighted by atomic mass is 79.9. The number of hydrogen-bond acceptors (Lipinski definition) is 3. The third kappa shape index (κ3) is 4.39. The Kier molecular flexibility index (Phi) is 5.68. The van der Waals surface area contributed by atoms with Crippen molar-refractivity contribution in [2.75, 3.05) is 11.9 Å². The third-order valence-electron chi connectivity index (χ3n) is 2.67. The Bertz CT molecular complexity index is 560. The van der Waals surface area contributed by atoms with Gasteiger partial charge in [0.15, 0.2) is 0 Å². The standard InChI is InChI=1S/C15H16BrClN2O/c1-2-7-18-15-6-3-11(9-19-15)10-20-14-5-4-12(16)8-13(14)17/h3-6,8-9H,2,7,10H2,1H3,(H,18,19). The highest BCUT2D eigenvalue weighted by Crippen LogP contribution is 2.28. The van der Waals surface area contributed by atoms with E-state index in [1.165, 1.54) is 0 Å². The summed E-state index contributed by atoms with van der Waals surface area (Å²) in [5, 5.41) is 3.82. The Balaban J connectivity index is 1.93. The fourth-order valence-corrected chi connectivity index (χ4v) is 2.35. The first-order valence-corrected chi connectivity index (χ1v) is 7.63. The van der Waals surface area contributed by atoms with Crippen molar-refractivity contribution in [3.63, 3.8) is 0 Å². The van der Waals surface area contributed by atoms with Crippen molar-refractivity contribution in [3.8, 4) is 5.75 Å². The van der Waals surface area contributed by atoms with E-state index < -0.39 is 0 Å². The summed E-state index contributed by atoms with van der Waals surface area (Å²) in [6.07, 6.45) is 2.89. The molecule has 0 bridgehead atoms. The van der Waals surface area contributed by atoms with Crippen LogP contribution in [0.2, 0.25) is 5.02 Å². The van der Waals surface area contributed by atoms with E-state index in [2.05, 4.69) is 33.2 Å². The van der Waals surface area contributed by atoms with Gasteiger partial charge in [0.2, 0.25) is 0 Å². The van der Waals surface area contributed by atoms with Crippen LogP contribution in [0.1, 0.15) is 18.9 Å². The summed E-state index contributed by atoms with van der Waals surface area (Å²) in [5.41, 5.74) is 1.01. The third-order valence-corrected chi connectivity index (χ3v) is 3.46. The fraction of sp³-hybridized carbons (Fsp3) is 0.267. The second kappa shape index (κ2) is 7.50. The summed E-state index contributed by atoms with van der Waals surface area (Å²) in [6, 6.07) is 9.51. The molecule has 0 saturated carbocycles. The summed E-state index contributed by atoms with van der Waals surface area (Å²) in [7, 11) is 0. The SMILES string of the molecule is CCCNc1ccc(COc2ccc(Br)cc2Cl)cn1. The number of aromatic nitrogens is 1. The Labute approximate surface area is 132 Å². The van der Waals surface area contributed by atoms with E-state index in [9.17, 15) is 0 Å². The van der Waals surface area contributed by atoms with Crippen molar-refractivity contribution in [1.82, 2.24) is 4.98 Å². The molecule has 0 amide bonds. The zero-order valence-electron chi connectivity index (χ0n) is 11.2. The molecule has 1 heterocycles. The smallest absolute Gasteiger partial charge is 0.138 e. The van der Waals surface area contributed by atoms with Gasteiger partial charge in [0, 0.05) is 22.8 Å². The van der Waals surface area contributed by atoms with E-state index in [0.29, 0.717) is 17.4 Å². The van der Waals surface area contributed by atoms with Gasteiger partial charge in [-0.2, -0.15) is 0 Å². The molecule has 0 aliphatic rings. The Hall–Kier alpha value is -1.26. The number of anilines is 1. The van der Waals surface area contributed by atoms with Gasteiger partial charge >= 0.3 is 0 Å². The van der Waals surface area contributed by atoms with Gasteiger partial charge in [-0.1, -0.05) is 40.5 Å². The zero-order chi connectivity index (χ0) is 14.4. The number of nitrogens with zero attached hydrogens (tertiary/aromatic N) is 1. The highest BCUT2D eigenvalue weighted by Gasteiger charge is 2.03. The zero-order valence-corrected chi connectivity index (χ0v) is 13.5. The van der Waals surface area contributed by atoms with E-state index >= 15 is 0 Å². The van der Waals surface area contributed by atoms with E-state index in [1.54, 1.807) is 0 Å². The van der Waals surface area contributed by atoms with E-state index in [0.717, 1.165) is 28.8 Å². The Morgan fingerprint density at radius 3 is 2.80 bits per heavy atom. The molecule has 0 aliphatic carbocycles. The van der Waals surface area contributed by atoms with E-state index in [-0.39, 0.29) is 0 Å². The number of nitrogens with one attached hydrogen (secondary N) is 1. The van der Waals surface area contributed by atoms with Gasteiger partial charge in [0.25, 0.3) is 0 Å². The molecule has 1 aromatic heterocycles. The molecule has 0 aliphatic heterocycles. The molecule has 20 heavy (non-hydrogen) atoms. The van der Waals surface area contributed by atoms with Gasteiger partial charge in [-0.15, -0.1) is 0 Å². The van der Waals surface area contributed by atoms with Gasteiger partial charge in [-0.3, -0.25) is 0 Å². The van der Waals surface area contributed by atoms with Gasteiger partial charge in [-0.05, 0) is 30.7 Å². The quantitative estimate of drug-likeness (QED) is 0.800. The first-order valence-electron chi connectivity index (χ1n) is 6.45. The Morgan fingerprint density at radius 2 is 2.15 bits per heavy atom.